The third kappa shape index (κ3) is 2.23. The topological polar surface area (TPSA) is 72.9 Å². The van der Waals surface area contributed by atoms with Crippen LogP contribution in [0, 0.1) is 5.82 Å². The lowest BCUT2D eigenvalue weighted by atomic mass is 9.96. The number of aliphatic hydroxyl groups excluding tert-OH is 1. The summed E-state index contributed by atoms with van der Waals surface area (Å²) in [5, 5.41) is 11.8. The van der Waals surface area contributed by atoms with Crippen LogP contribution in [0.15, 0.2) is 35.5 Å². The van der Waals surface area contributed by atoms with Gasteiger partial charge in [-0.05, 0) is 17.7 Å². The molecule has 7 heteroatoms. The number of rotatable bonds is 3. The van der Waals surface area contributed by atoms with E-state index in [4.69, 9.17) is 5.11 Å². The van der Waals surface area contributed by atoms with E-state index in [2.05, 4.69) is 5.32 Å². The van der Waals surface area contributed by atoms with E-state index >= 15 is 0 Å². The maximum Gasteiger partial charge on any atom is 0.322 e. The minimum absolute atomic E-state index is 0.140. The Bertz CT molecular complexity index is 657. The van der Waals surface area contributed by atoms with Crippen LogP contribution in [0.25, 0.3) is 0 Å². The zero-order valence-electron chi connectivity index (χ0n) is 12.0. The van der Waals surface area contributed by atoms with E-state index in [0.717, 1.165) is 0 Å². The van der Waals surface area contributed by atoms with Crippen molar-refractivity contribution in [3.63, 3.8) is 0 Å². The highest BCUT2D eigenvalue weighted by Gasteiger charge is 2.42. The molecule has 6 nitrogen and oxygen atoms in total. The first kappa shape index (κ1) is 14.5. The van der Waals surface area contributed by atoms with Crippen molar-refractivity contribution in [2.45, 2.75) is 6.04 Å². The molecule has 2 aliphatic heterocycles. The number of likely N-dealkylation sites (N-methyl/N-ethyl adjacent to an activating group) is 1. The maximum absolute atomic E-state index is 13.1. The maximum atomic E-state index is 13.1. The molecule has 3 amide bonds. The summed E-state index contributed by atoms with van der Waals surface area (Å²) in [4.78, 5) is 27.5. The van der Waals surface area contributed by atoms with Crippen molar-refractivity contribution in [2.75, 3.05) is 26.7 Å². The summed E-state index contributed by atoms with van der Waals surface area (Å²) in [7, 11) is 1.60. The first-order valence-electron chi connectivity index (χ1n) is 6.95. The number of carbonyl (C=O) groups excluding carboxylic acids is 2. The highest BCUT2D eigenvalue weighted by Crippen LogP contribution is 2.35. The van der Waals surface area contributed by atoms with Crippen LogP contribution in [-0.2, 0) is 4.79 Å². The number of amides is 3. The number of aliphatic hydroxyl groups is 1. The highest BCUT2D eigenvalue weighted by atomic mass is 19.1. The van der Waals surface area contributed by atoms with Gasteiger partial charge in [0.1, 0.15) is 5.82 Å². The Kier molecular flexibility index (Phi) is 3.58. The molecule has 0 bridgehead atoms. The second kappa shape index (κ2) is 5.42. The highest BCUT2D eigenvalue weighted by molar-refractivity contribution is 6.01. The second-order valence-electron chi connectivity index (χ2n) is 5.30. The molecule has 2 aliphatic rings. The predicted octanol–water partition coefficient (Wildman–Crippen LogP) is 0.610. The summed E-state index contributed by atoms with van der Waals surface area (Å²) < 4.78 is 13.1. The Morgan fingerprint density at radius 2 is 2.00 bits per heavy atom. The van der Waals surface area contributed by atoms with Crippen molar-refractivity contribution in [2.24, 2.45) is 0 Å². The summed E-state index contributed by atoms with van der Waals surface area (Å²) in [6.07, 6.45) is 0. The van der Waals surface area contributed by atoms with E-state index in [-0.39, 0.29) is 37.5 Å². The van der Waals surface area contributed by atoms with Crippen LogP contribution in [0.5, 0.6) is 0 Å². The molecule has 0 radical (unpaired) electrons. The van der Waals surface area contributed by atoms with Crippen LogP contribution in [0.3, 0.4) is 0 Å². The van der Waals surface area contributed by atoms with E-state index in [1.54, 1.807) is 19.2 Å². The minimum atomic E-state index is -0.601. The van der Waals surface area contributed by atoms with Crippen LogP contribution in [0.2, 0.25) is 0 Å². The zero-order valence-corrected chi connectivity index (χ0v) is 12.0. The molecule has 0 fully saturated rings. The summed E-state index contributed by atoms with van der Waals surface area (Å²) in [5.74, 6) is -0.595. The van der Waals surface area contributed by atoms with E-state index in [0.29, 0.717) is 16.8 Å². The molecule has 1 aromatic carbocycles. The van der Waals surface area contributed by atoms with Crippen LogP contribution < -0.4 is 5.32 Å². The molecule has 0 aliphatic carbocycles. The molecular weight excluding hydrogens is 289 g/mol. The van der Waals surface area contributed by atoms with Crippen LogP contribution in [-0.4, -0.2) is 53.6 Å². The van der Waals surface area contributed by atoms with Crippen molar-refractivity contribution in [1.29, 1.82) is 0 Å². The largest absolute Gasteiger partial charge is 0.395 e. The number of hydrogen-bond donors (Lipinski definition) is 2. The summed E-state index contributed by atoms with van der Waals surface area (Å²) in [6.45, 7) is 0.360. The third-order valence-corrected chi connectivity index (χ3v) is 4.01. The third-order valence-electron chi connectivity index (χ3n) is 4.01. The molecule has 1 aromatic rings. The van der Waals surface area contributed by atoms with Crippen LogP contribution in [0.1, 0.15) is 11.6 Å². The minimum Gasteiger partial charge on any atom is -0.395 e. The fourth-order valence-corrected chi connectivity index (χ4v) is 2.83. The van der Waals surface area contributed by atoms with Crippen LogP contribution in [0.4, 0.5) is 9.18 Å². The van der Waals surface area contributed by atoms with Crippen molar-refractivity contribution in [1.82, 2.24) is 15.1 Å². The molecule has 1 atom stereocenters. The second-order valence-corrected chi connectivity index (χ2v) is 5.30. The Balaban J connectivity index is 2.02. The molecule has 0 aromatic heterocycles. The Labute approximate surface area is 126 Å². The van der Waals surface area contributed by atoms with Gasteiger partial charge in [-0.1, -0.05) is 12.1 Å². The SMILES string of the molecule is CN1C(=O)NC(c2ccc(F)cc2)C2=C1CN(CCO)C2=O. The van der Waals surface area contributed by atoms with E-state index < -0.39 is 6.04 Å². The fourth-order valence-electron chi connectivity index (χ4n) is 2.83. The number of β-amino-alcohol motifs (C(OH)–C–C–N with tert-alkyl or cyclic N) is 1. The summed E-state index contributed by atoms with van der Waals surface area (Å²) in [6, 6.07) is 4.79. The van der Waals surface area contributed by atoms with Gasteiger partial charge in [-0.25, -0.2) is 9.18 Å². The van der Waals surface area contributed by atoms with Crippen LogP contribution >= 0.6 is 0 Å². The quantitative estimate of drug-likeness (QED) is 0.859. The van der Waals surface area contributed by atoms with Crippen molar-refractivity contribution < 1.29 is 19.1 Å². The molecule has 22 heavy (non-hydrogen) atoms. The number of nitrogens with zero attached hydrogens (tertiary/aromatic N) is 2. The zero-order chi connectivity index (χ0) is 15.9. The molecule has 0 saturated carbocycles. The lowest BCUT2D eigenvalue weighted by Gasteiger charge is -2.31. The van der Waals surface area contributed by atoms with Gasteiger partial charge in [-0.15, -0.1) is 0 Å². The Morgan fingerprint density at radius 3 is 2.64 bits per heavy atom. The smallest absolute Gasteiger partial charge is 0.322 e. The average Bonchev–Trinajstić information content (AvgIpc) is 2.82. The molecule has 116 valence electrons. The number of hydrogen-bond acceptors (Lipinski definition) is 3. The fraction of sp³-hybridized carbons (Fsp3) is 0.333. The van der Waals surface area contributed by atoms with Gasteiger partial charge in [0.25, 0.3) is 5.91 Å². The average molecular weight is 305 g/mol. The number of carbonyl (C=O) groups is 2. The van der Waals surface area contributed by atoms with Gasteiger partial charge >= 0.3 is 6.03 Å². The lowest BCUT2D eigenvalue weighted by molar-refractivity contribution is -0.126. The van der Waals surface area contributed by atoms with Gasteiger partial charge in [0.15, 0.2) is 0 Å². The van der Waals surface area contributed by atoms with E-state index in [9.17, 15) is 14.0 Å². The van der Waals surface area contributed by atoms with Gasteiger partial charge in [0, 0.05) is 13.6 Å². The van der Waals surface area contributed by atoms with Crippen molar-refractivity contribution in [3.8, 4) is 0 Å². The number of urea groups is 1. The summed E-state index contributed by atoms with van der Waals surface area (Å²) >= 11 is 0. The van der Waals surface area contributed by atoms with Crippen molar-refractivity contribution in [3.05, 3.63) is 46.9 Å². The molecule has 2 heterocycles. The molecule has 2 N–H and O–H groups in total. The molecular formula is C15H16FN3O3. The van der Waals surface area contributed by atoms with Crippen molar-refractivity contribution >= 4 is 11.9 Å². The normalized spacial score (nSPS) is 21.3. The standard InChI is InChI=1S/C15H16FN3O3/c1-18-11-8-19(6-7-20)14(21)12(11)13(17-15(18)22)9-2-4-10(16)5-3-9/h2-5,13,20H,6-8H2,1H3,(H,17,22). The molecule has 3 rings (SSSR count). The molecule has 0 saturated heterocycles. The van der Waals surface area contributed by atoms with Gasteiger partial charge in [-0.2, -0.15) is 0 Å². The molecule has 0 spiro atoms. The first-order chi connectivity index (χ1) is 10.5. The lowest BCUT2D eigenvalue weighted by Crippen LogP contribution is -2.45. The first-order valence-corrected chi connectivity index (χ1v) is 6.95. The van der Waals surface area contributed by atoms with E-state index in [1.807, 2.05) is 0 Å². The Hall–Kier alpha value is -2.41. The predicted molar refractivity (Wildman–Crippen MR) is 76.1 cm³/mol. The Morgan fingerprint density at radius 1 is 1.32 bits per heavy atom. The summed E-state index contributed by atoms with van der Waals surface area (Å²) in [5.41, 5.74) is 1.74. The van der Waals surface area contributed by atoms with Gasteiger partial charge in [-0.3, -0.25) is 9.69 Å². The van der Waals surface area contributed by atoms with E-state index in [1.165, 1.54) is 21.9 Å². The molecule has 1 unspecified atom stereocenters. The number of halogens is 1. The van der Waals surface area contributed by atoms with Gasteiger partial charge in [0.2, 0.25) is 0 Å². The van der Waals surface area contributed by atoms with Gasteiger partial charge in [0.05, 0.1) is 30.5 Å². The van der Waals surface area contributed by atoms with Gasteiger partial charge < -0.3 is 15.3 Å². The number of nitrogens with one attached hydrogen (secondary N) is 1. The monoisotopic (exact) mass is 305 g/mol. The number of benzene rings is 1.